The normalized spacial score (nSPS) is 27.2. The summed E-state index contributed by atoms with van der Waals surface area (Å²) < 4.78 is 5.65. The first-order valence-electron chi connectivity index (χ1n) is 13.6. The number of amides is 3. The highest BCUT2D eigenvalue weighted by Crippen LogP contribution is 2.44. The number of carbonyl (C=O) groups is 3. The van der Waals surface area contributed by atoms with Crippen LogP contribution in [0.2, 0.25) is 0 Å². The lowest BCUT2D eigenvalue weighted by atomic mass is 9.79. The molecule has 0 radical (unpaired) electrons. The monoisotopic (exact) mass is 517 g/mol. The third-order valence-corrected chi connectivity index (χ3v) is 8.74. The molecule has 5 rings (SSSR count). The van der Waals surface area contributed by atoms with Crippen LogP contribution < -0.4 is 4.74 Å². The standard InChI is InChI=1S/C28H39N3O4.ClH/c1-29(2)28(34)35-25-12-8-11-19-20-15-18-30(24(20)14-13-21(19)25)16-6-3-7-17-31-26(32)22-9-4-5-10-23(22)27(31)33;/h8,11-12,20,22-24H,3-7,9-10,13-18H2,1-2H3;1H/t20-,22-,23+,24+;/m0./s1. The Morgan fingerprint density at radius 2 is 1.64 bits per heavy atom. The van der Waals surface area contributed by atoms with Crippen molar-refractivity contribution in [1.29, 1.82) is 0 Å². The van der Waals surface area contributed by atoms with Gasteiger partial charge in [0, 0.05) is 32.6 Å². The minimum Gasteiger partial charge on any atom is -0.410 e. The molecular weight excluding hydrogens is 478 g/mol. The van der Waals surface area contributed by atoms with E-state index in [1.165, 1.54) is 16.0 Å². The van der Waals surface area contributed by atoms with Crippen LogP contribution in [0.5, 0.6) is 5.75 Å². The molecule has 4 atom stereocenters. The minimum atomic E-state index is -0.329. The van der Waals surface area contributed by atoms with Gasteiger partial charge in [0.2, 0.25) is 11.8 Å². The van der Waals surface area contributed by atoms with Crippen molar-refractivity contribution < 1.29 is 19.1 Å². The molecule has 198 valence electrons. The summed E-state index contributed by atoms with van der Waals surface area (Å²) in [6, 6.07) is 6.69. The second kappa shape index (κ2) is 11.5. The number of ether oxygens (including phenoxy) is 1. The van der Waals surface area contributed by atoms with E-state index >= 15 is 0 Å². The topological polar surface area (TPSA) is 70.2 Å². The smallest absolute Gasteiger partial charge is 0.410 e. The quantitative estimate of drug-likeness (QED) is 0.390. The maximum Gasteiger partial charge on any atom is 0.414 e. The Kier molecular flexibility index (Phi) is 8.61. The van der Waals surface area contributed by atoms with E-state index < -0.39 is 0 Å². The average molecular weight is 518 g/mol. The van der Waals surface area contributed by atoms with E-state index in [9.17, 15) is 14.4 Å². The number of imide groups is 1. The molecule has 0 spiro atoms. The molecule has 3 amide bonds. The molecule has 2 heterocycles. The zero-order valence-electron chi connectivity index (χ0n) is 21.6. The average Bonchev–Trinajstić information content (AvgIpc) is 3.38. The van der Waals surface area contributed by atoms with Gasteiger partial charge < -0.3 is 9.64 Å². The van der Waals surface area contributed by atoms with Crippen LogP contribution in [0.3, 0.4) is 0 Å². The van der Waals surface area contributed by atoms with Crippen molar-refractivity contribution in [2.45, 2.75) is 76.2 Å². The van der Waals surface area contributed by atoms with Gasteiger partial charge in [-0.2, -0.15) is 0 Å². The van der Waals surface area contributed by atoms with Crippen molar-refractivity contribution in [3.63, 3.8) is 0 Å². The minimum absolute atomic E-state index is 0. The van der Waals surface area contributed by atoms with Gasteiger partial charge in [0.25, 0.3) is 0 Å². The Balaban J connectivity index is 0.00000304. The highest BCUT2D eigenvalue weighted by Gasteiger charge is 2.47. The van der Waals surface area contributed by atoms with Crippen molar-refractivity contribution in [1.82, 2.24) is 14.7 Å². The van der Waals surface area contributed by atoms with Gasteiger partial charge >= 0.3 is 6.09 Å². The van der Waals surface area contributed by atoms with Crippen molar-refractivity contribution in [3.05, 3.63) is 29.3 Å². The van der Waals surface area contributed by atoms with Gasteiger partial charge in [-0.15, -0.1) is 12.4 Å². The predicted molar refractivity (Wildman–Crippen MR) is 140 cm³/mol. The van der Waals surface area contributed by atoms with Crippen LogP contribution in [0.15, 0.2) is 18.2 Å². The Morgan fingerprint density at radius 1 is 0.944 bits per heavy atom. The lowest BCUT2D eigenvalue weighted by Crippen LogP contribution is -2.36. The van der Waals surface area contributed by atoms with Crippen LogP contribution >= 0.6 is 12.4 Å². The Hall–Kier alpha value is -2.12. The third-order valence-electron chi connectivity index (χ3n) is 8.74. The van der Waals surface area contributed by atoms with Crippen LogP contribution in [-0.4, -0.2) is 72.4 Å². The van der Waals surface area contributed by atoms with Gasteiger partial charge in [-0.25, -0.2) is 4.79 Å². The number of carbonyl (C=O) groups excluding carboxylic acids is 3. The molecule has 0 N–H and O–H groups in total. The summed E-state index contributed by atoms with van der Waals surface area (Å²) in [6.45, 7) is 2.76. The van der Waals surface area contributed by atoms with Crippen LogP contribution in [0, 0.1) is 11.8 Å². The summed E-state index contributed by atoms with van der Waals surface area (Å²) in [5, 5.41) is 0. The van der Waals surface area contributed by atoms with Crippen molar-refractivity contribution in [2.75, 3.05) is 33.7 Å². The maximum atomic E-state index is 12.7. The molecule has 2 aliphatic carbocycles. The highest BCUT2D eigenvalue weighted by atomic mass is 35.5. The molecule has 7 nitrogen and oxygen atoms in total. The predicted octanol–water partition coefficient (Wildman–Crippen LogP) is 4.62. The second-order valence-electron chi connectivity index (χ2n) is 11.0. The third kappa shape index (κ3) is 5.14. The zero-order valence-corrected chi connectivity index (χ0v) is 22.4. The fourth-order valence-corrected chi connectivity index (χ4v) is 6.93. The van der Waals surface area contributed by atoms with Crippen LogP contribution in [0.4, 0.5) is 4.79 Å². The molecule has 1 saturated carbocycles. The molecule has 2 aliphatic heterocycles. The summed E-state index contributed by atoms with van der Waals surface area (Å²) in [5.41, 5.74) is 2.55. The number of hydrogen-bond acceptors (Lipinski definition) is 5. The molecule has 2 saturated heterocycles. The van der Waals surface area contributed by atoms with Crippen molar-refractivity contribution in [2.24, 2.45) is 11.8 Å². The molecule has 1 aromatic rings. The number of rotatable bonds is 7. The van der Waals surface area contributed by atoms with Gasteiger partial charge in [-0.1, -0.05) is 31.4 Å². The Morgan fingerprint density at radius 3 is 2.33 bits per heavy atom. The van der Waals surface area contributed by atoms with Crippen LogP contribution in [0.1, 0.15) is 74.8 Å². The molecule has 0 aromatic heterocycles. The van der Waals surface area contributed by atoms with E-state index in [4.69, 9.17) is 4.74 Å². The number of likely N-dealkylation sites (tertiary alicyclic amines) is 2. The Labute approximate surface area is 220 Å². The van der Waals surface area contributed by atoms with E-state index in [-0.39, 0.29) is 42.2 Å². The maximum absolute atomic E-state index is 12.7. The molecular formula is C28H40ClN3O4. The molecule has 8 heteroatoms. The second-order valence-corrected chi connectivity index (χ2v) is 11.0. The first kappa shape index (κ1) is 26.9. The number of halogens is 1. The summed E-state index contributed by atoms with van der Waals surface area (Å²) in [6.07, 6.45) is 9.84. The summed E-state index contributed by atoms with van der Waals surface area (Å²) in [4.78, 5) is 43.1. The Bertz CT molecular complexity index is 960. The first-order valence-corrected chi connectivity index (χ1v) is 13.6. The summed E-state index contributed by atoms with van der Waals surface area (Å²) in [7, 11) is 3.41. The van der Waals surface area contributed by atoms with E-state index in [0.29, 0.717) is 24.3 Å². The lowest BCUT2D eigenvalue weighted by molar-refractivity contribution is -0.140. The molecule has 36 heavy (non-hydrogen) atoms. The fourth-order valence-electron chi connectivity index (χ4n) is 6.93. The van der Waals surface area contributed by atoms with Gasteiger partial charge in [0.15, 0.2) is 0 Å². The zero-order chi connectivity index (χ0) is 24.5. The van der Waals surface area contributed by atoms with Gasteiger partial charge in [-0.05, 0) is 75.2 Å². The van der Waals surface area contributed by atoms with E-state index in [0.717, 1.165) is 77.3 Å². The fraction of sp³-hybridized carbons (Fsp3) is 0.679. The number of nitrogens with zero attached hydrogens (tertiary/aromatic N) is 3. The van der Waals surface area contributed by atoms with Gasteiger partial charge in [0.05, 0.1) is 11.8 Å². The largest absolute Gasteiger partial charge is 0.414 e. The SMILES string of the molecule is CN(C)C(=O)Oc1cccc2c1CC[C@@H]1[C@H]2CCN1CCCCCN1C(=O)[C@H]2CCCC[C@H]2C1=O.Cl. The van der Waals surface area contributed by atoms with E-state index in [1.807, 2.05) is 12.1 Å². The molecule has 0 bridgehead atoms. The van der Waals surface area contributed by atoms with Gasteiger partial charge in [0.1, 0.15) is 5.75 Å². The van der Waals surface area contributed by atoms with E-state index in [2.05, 4.69) is 11.0 Å². The highest BCUT2D eigenvalue weighted by molar-refractivity contribution is 6.05. The number of benzene rings is 1. The van der Waals surface area contributed by atoms with Crippen LogP contribution in [-0.2, 0) is 16.0 Å². The molecule has 4 aliphatic rings. The summed E-state index contributed by atoms with van der Waals surface area (Å²) in [5.74, 6) is 1.35. The number of hydrogen-bond donors (Lipinski definition) is 0. The molecule has 3 fully saturated rings. The van der Waals surface area contributed by atoms with Gasteiger partial charge in [-0.3, -0.25) is 19.4 Å². The first-order chi connectivity index (χ1) is 17.0. The molecule has 0 unspecified atom stereocenters. The van der Waals surface area contributed by atoms with Crippen molar-refractivity contribution in [3.8, 4) is 5.75 Å². The van der Waals surface area contributed by atoms with Crippen molar-refractivity contribution >= 4 is 30.3 Å². The van der Waals surface area contributed by atoms with E-state index in [1.54, 1.807) is 19.0 Å². The number of unbranched alkanes of at least 4 members (excludes halogenated alkanes) is 2. The van der Waals surface area contributed by atoms with Crippen LogP contribution in [0.25, 0.3) is 0 Å². The number of fused-ring (bicyclic) bond motifs is 4. The lowest BCUT2D eigenvalue weighted by Gasteiger charge is -2.34. The molecule has 1 aromatic carbocycles. The summed E-state index contributed by atoms with van der Waals surface area (Å²) >= 11 is 0.